The normalized spacial score (nSPS) is 13.2. The van der Waals surface area contributed by atoms with Gasteiger partial charge in [0.15, 0.2) is 0 Å². The Balaban J connectivity index is 2.56. The molecule has 6 nitrogen and oxygen atoms in total. The SMILES string of the molecule is CCCC(NC(=O)NCCC(=O)O)C(O)c1ccccc1. The Morgan fingerprint density at radius 2 is 1.90 bits per heavy atom. The van der Waals surface area contributed by atoms with Gasteiger partial charge in [-0.15, -0.1) is 0 Å². The number of urea groups is 1. The van der Waals surface area contributed by atoms with Gasteiger partial charge in [0.25, 0.3) is 0 Å². The van der Waals surface area contributed by atoms with Crippen molar-refractivity contribution in [3.63, 3.8) is 0 Å². The number of carbonyl (C=O) groups is 2. The van der Waals surface area contributed by atoms with Crippen molar-refractivity contribution in [1.29, 1.82) is 0 Å². The first-order valence-electron chi connectivity index (χ1n) is 7.03. The highest BCUT2D eigenvalue weighted by molar-refractivity contribution is 5.75. The van der Waals surface area contributed by atoms with Crippen LogP contribution < -0.4 is 10.6 Å². The number of aliphatic carboxylic acids is 1. The third-order valence-electron chi connectivity index (χ3n) is 3.06. The van der Waals surface area contributed by atoms with Gasteiger partial charge in [0.2, 0.25) is 0 Å². The molecule has 1 rings (SSSR count). The average Bonchev–Trinajstić information content (AvgIpc) is 2.46. The minimum Gasteiger partial charge on any atom is -0.481 e. The summed E-state index contributed by atoms with van der Waals surface area (Å²) in [5.74, 6) is -0.968. The molecule has 1 aromatic carbocycles. The van der Waals surface area contributed by atoms with Crippen LogP contribution in [0.5, 0.6) is 0 Å². The predicted octanol–water partition coefficient (Wildman–Crippen LogP) is 1.66. The van der Waals surface area contributed by atoms with Crippen molar-refractivity contribution >= 4 is 12.0 Å². The molecule has 2 atom stereocenters. The first-order valence-corrected chi connectivity index (χ1v) is 7.03. The zero-order chi connectivity index (χ0) is 15.7. The molecule has 2 unspecified atom stereocenters. The predicted molar refractivity (Wildman–Crippen MR) is 78.9 cm³/mol. The summed E-state index contributed by atoms with van der Waals surface area (Å²) in [5.41, 5.74) is 0.738. The first kappa shape index (κ1) is 17.0. The van der Waals surface area contributed by atoms with Gasteiger partial charge in [-0.3, -0.25) is 4.79 Å². The molecule has 1 aromatic rings. The second kappa shape index (κ2) is 8.97. The summed E-state index contributed by atoms with van der Waals surface area (Å²) in [7, 11) is 0. The third kappa shape index (κ3) is 6.27. The molecule has 21 heavy (non-hydrogen) atoms. The molecule has 116 valence electrons. The van der Waals surface area contributed by atoms with Gasteiger partial charge < -0.3 is 20.8 Å². The molecule has 0 aromatic heterocycles. The fourth-order valence-corrected chi connectivity index (χ4v) is 2.00. The van der Waals surface area contributed by atoms with Crippen molar-refractivity contribution in [2.24, 2.45) is 0 Å². The average molecular weight is 294 g/mol. The van der Waals surface area contributed by atoms with E-state index in [1.165, 1.54) is 0 Å². The van der Waals surface area contributed by atoms with Gasteiger partial charge in [0, 0.05) is 6.54 Å². The van der Waals surface area contributed by atoms with E-state index in [1.807, 2.05) is 25.1 Å². The second-order valence-corrected chi connectivity index (χ2v) is 4.79. The lowest BCUT2D eigenvalue weighted by Crippen LogP contribution is -2.45. The molecule has 6 heteroatoms. The fraction of sp³-hybridized carbons (Fsp3) is 0.467. The maximum absolute atomic E-state index is 11.7. The van der Waals surface area contributed by atoms with E-state index in [1.54, 1.807) is 12.1 Å². The molecule has 0 fully saturated rings. The van der Waals surface area contributed by atoms with E-state index >= 15 is 0 Å². The number of hydrogen-bond acceptors (Lipinski definition) is 3. The van der Waals surface area contributed by atoms with Gasteiger partial charge in [-0.1, -0.05) is 43.7 Å². The monoisotopic (exact) mass is 294 g/mol. The fourth-order valence-electron chi connectivity index (χ4n) is 2.00. The van der Waals surface area contributed by atoms with Crippen molar-refractivity contribution in [2.75, 3.05) is 6.54 Å². The highest BCUT2D eigenvalue weighted by Crippen LogP contribution is 2.19. The maximum Gasteiger partial charge on any atom is 0.315 e. The maximum atomic E-state index is 11.7. The smallest absolute Gasteiger partial charge is 0.315 e. The van der Waals surface area contributed by atoms with Crippen LogP contribution in [0.15, 0.2) is 30.3 Å². The van der Waals surface area contributed by atoms with Crippen molar-refractivity contribution in [3.05, 3.63) is 35.9 Å². The quantitative estimate of drug-likeness (QED) is 0.586. The van der Waals surface area contributed by atoms with E-state index in [2.05, 4.69) is 10.6 Å². The van der Waals surface area contributed by atoms with Crippen LogP contribution in [-0.2, 0) is 4.79 Å². The summed E-state index contributed by atoms with van der Waals surface area (Å²) in [6.07, 6.45) is 0.510. The van der Waals surface area contributed by atoms with Crippen LogP contribution in [0.1, 0.15) is 37.9 Å². The zero-order valence-electron chi connectivity index (χ0n) is 12.1. The van der Waals surface area contributed by atoms with Gasteiger partial charge in [0.1, 0.15) is 0 Å². The topological polar surface area (TPSA) is 98.7 Å². The molecule has 0 radical (unpaired) electrons. The van der Waals surface area contributed by atoms with Gasteiger partial charge >= 0.3 is 12.0 Å². The van der Waals surface area contributed by atoms with Crippen LogP contribution in [0.3, 0.4) is 0 Å². The first-order chi connectivity index (χ1) is 10.0. The summed E-state index contributed by atoms with van der Waals surface area (Å²) in [5, 5.41) is 24.0. The number of hydrogen-bond donors (Lipinski definition) is 4. The van der Waals surface area contributed by atoms with Crippen LogP contribution in [-0.4, -0.2) is 34.8 Å². The number of rotatable bonds is 8. The van der Waals surface area contributed by atoms with Crippen LogP contribution in [0, 0.1) is 0 Å². The molecular formula is C15H22N2O4. The van der Waals surface area contributed by atoms with Crippen molar-refractivity contribution in [2.45, 2.75) is 38.3 Å². The Labute approximate surface area is 124 Å². The Morgan fingerprint density at radius 3 is 2.48 bits per heavy atom. The highest BCUT2D eigenvalue weighted by Gasteiger charge is 2.21. The Kier molecular flexibility index (Phi) is 7.25. The standard InChI is InChI=1S/C15H22N2O4/c1-2-6-12(14(20)11-7-4-3-5-8-11)17-15(21)16-10-9-13(18)19/h3-5,7-8,12,14,20H,2,6,9-10H2,1H3,(H,18,19)(H2,16,17,21). The van der Waals surface area contributed by atoms with Gasteiger partial charge in [-0.2, -0.15) is 0 Å². The molecule has 0 heterocycles. The summed E-state index contributed by atoms with van der Waals surface area (Å²) >= 11 is 0. The van der Waals surface area contributed by atoms with E-state index in [-0.39, 0.29) is 13.0 Å². The molecule has 0 aliphatic heterocycles. The summed E-state index contributed by atoms with van der Waals surface area (Å²) < 4.78 is 0. The molecule has 4 N–H and O–H groups in total. The number of nitrogens with one attached hydrogen (secondary N) is 2. The lowest BCUT2D eigenvalue weighted by Gasteiger charge is -2.24. The van der Waals surface area contributed by atoms with Gasteiger partial charge in [-0.05, 0) is 12.0 Å². The number of aliphatic hydroxyl groups excluding tert-OH is 1. The Bertz CT molecular complexity index is 450. The number of carboxylic acid groups (broad SMARTS) is 1. The lowest BCUT2D eigenvalue weighted by molar-refractivity contribution is -0.136. The molecule has 0 aliphatic rings. The van der Waals surface area contributed by atoms with Crippen LogP contribution in [0.25, 0.3) is 0 Å². The summed E-state index contributed by atoms with van der Waals surface area (Å²) in [6.45, 7) is 2.02. The van der Waals surface area contributed by atoms with Crippen LogP contribution >= 0.6 is 0 Å². The molecular weight excluding hydrogens is 272 g/mol. The van der Waals surface area contributed by atoms with E-state index in [0.29, 0.717) is 6.42 Å². The zero-order valence-corrected chi connectivity index (χ0v) is 12.1. The van der Waals surface area contributed by atoms with Gasteiger partial charge in [-0.25, -0.2) is 4.79 Å². The number of carbonyl (C=O) groups excluding carboxylic acids is 1. The summed E-state index contributed by atoms with van der Waals surface area (Å²) in [4.78, 5) is 22.1. The molecule has 0 aliphatic carbocycles. The van der Waals surface area contributed by atoms with Crippen molar-refractivity contribution in [1.82, 2.24) is 10.6 Å². The number of benzene rings is 1. The van der Waals surface area contributed by atoms with E-state index < -0.39 is 24.1 Å². The number of amides is 2. The molecule has 0 spiro atoms. The molecule has 0 saturated heterocycles. The Morgan fingerprint density at radius 1 is 1.24 bits per heavy atom. The minimum absolute atomic E-state index is 0.0570. The number of carboxylic acids is 1. The van der Waals surface area contributed by atoms with Crippen molar-refractivity contribution < 1.29 is 19.8 Å². The third-order valence-corrected chi connectivity index (χ3v) is 3.06. The second-order valence-electron chi connectivity index (χ2n) is 4.79. The number of aliphatic hydroxyl groups is 1. The molecule has 0 bridgehead atoms. The van der Waals surface area contributed by atoms with Gasteiger partial charge in [0.05, 0.1) is 18.6 Å². The lowest BCUT2D eigenvalue weighted by atomic mass is 9.99. The largest absolute Gasteiger partial charge is 0.481 e. The van der Waals surface area contributed by atoms with E-state index in [9.17, 15) is 14.7 Å². The highest BCUT2D eigenvalue weighted by atomic mass is 16.4. The van der Waals surface area contributed by atoms with Crippen LogP contribution in [0.2, 0.25) is 0 Å². The molecule has 2 amide bonds. The van der Waals surface area contributed by atoms with E-state index in [0.717, 1.165) is 12.0 Å². The Hall–Kier alpha value is -2.08. The van der Waals surface area contributed by atoms with Crippen LogP contribution in [0.4, 0.5) is 4.79 Å². The van der Waals surface area contributed by atoms with E-state index in [4.69, 9.17) is 5.11 Å². The summed E-state index contributed by atoms with van der Waals surface area (Å²) in [6, 6.07) is 8.24. The van der Waals surface area contributed by atoms with Crippen molar-refractivity contribution in [3.8, 4) is 0 Å². The molecule has 0 saturated carbocycles. The minimum atomic E-state index is -0.968.